The predicted molar refractivity (Wildman–Crippen MR) is 114 cm³/mol. The molecular weight excluding hydrogens is 405 g/mol. The van der Waals surface area contributed by atoms with Crippen LogP contribution in [0.5, 0.6) is 0 Å². The first-order valence-corrected chi connectivity index (χ1v) is 9.64. The molecule has 0 bridgehead atoms. The number of hydrogen-bond acceptors (Lipinski definition) is 3. The number of halogens is 2. The van der Waals surface area contributed by atoms with Crippen LogP contribution in [0.3, 0.4) is 0 Å². The molecule has 6 heteroatoms. The van der Waals surface area contributed by atoms with E-state index in [9.17, 15) is 19.1 Å². The smallest absolute Gasteiger partial charge is 0.300 e. The van der Waals surface area contributed by atoms with Crippen molar-refractivity contribution in [3.05, 3.63) is 106 Å². The van der Waals surface area contributed by atoms with Crippen LogP contribution in [0.15, 0.2) is 78.4 Å². The zero-order valence-electron chi connectivity index (χ0n) is 16.0. The molecule has 1 aliphatic heterocycles. The van der Waals surface area contributed by atoms with Gasteiger partial charge < -0.3 is 5.11 Å². The van der Waals surface area contributed by atoms with Crippen LogP contribution in [0.25, 0.3) is 5.76 Å². The number of aliphatic hydroxyl groups is 1. The van der Waals surface area contributed by atoms with E-state index in [1.54, 1.807) is 48.5 Å². The fraction of sp³-hybridized carbons (Fsp3) is 0.0833. The summed E-state index contributed by atoms with van der Waals surface area (Å²) in [5.41, 5.74) is 2.07. The van der Waals surface area contributed by atoms with Gasteiger partial charge in [-0.15, -0.1) is 0 Å². The van der Waals surface area contributed by atoms with E-state index in [1.807, 2.05) is 6.92 Å². The molecule has 0 radical (unpaired) electrons. The minimum atomic E-state index is -0.926. The minimum absolute atomic E-state index is 0.0606. The second-order valence-electron chi connectivity index (χ2n) is 7.02. The summed E-state index contributed by atoms with van der Waals surface area (Å²) in [5, 5.41) is 11.4. The number of aliphatic hydroxyl groups excluding tert-OH is 1. The number of aryl methyl sites for hydroxylation is 1. The second kappa shape index (κ2) is 7.76. The van der Waals surface area contributed by atoms with Gasteiger partial charge in [0.15, 0.2) is 0 Å². The van der Waals surface area contributed by atoms with Crippen molar-refractivity contribution in [2.45, 2.75) is 13.0 Å². The van der Waals surface area contributed by atoms with E-state index in [4.69, 9.17) is 11.6 Å². The molecule has 3 aromatic carbocycles. The molecule has 0 aromatic heterocycles. The van der Waals surface area contributed by atoms with E-state index in [2.05, 4.69) is 0 Å². The number of hydrogen-bond donors (Lipinski definition) is 1. The van der Waals surface area contributed by atoms with Crippen molar-refractivity contribution < 1.29 is 19.1 Å². The highest BCUT2D eigenvalue weighted by Gasteiger charge is 2.47. The van der Waals surface area contributed by atoms with Gasteiger partial charge in [-0.2, -0.15) is 0 Å². The number of Topliss-reactive ketones (excluding diaryl/α,β-unsaturated/α-hetero) is 1. The lowest BCUT2D eigenvalue weighted by Crippen LogP contribution is -2.29. The van der Waals surface area contributed by atoms with E-state index in [0.29, 0.717) is 21.8 Å². The van der Waals surface area contributed by atoms with Crippen molar-refractivity contribution in [1.82, 2.24) is 0 Å². The highest BCUT2D eigenvalue weighted by molar-refractivity contribution is 6.51. The number of anilines is 1. The molecule has 3 aromatic rings. The lowest BCUT2D eigenvalue weighted by Gasteiger charge is -2.26. The Labute approximate surface area is 177 Å². The molecule has 0 aliphatic carbocycles. The molecule has 1 fully saturated rings. The molecule has 1 unspecified atom stereocenters. The van der Waals surface area contributed by atoms with Gasteiger partial charge in [0.1, 0.15) is 11.6 Å². The summed E-state index contributed by atoms with van der Waals surface area (Å²) in [5.74, 6) is -2.34. The molecule has 0 saturated carbocycles. The first kappa shape index (κ1) is 19.9. The Kier molecular flexibility index (Phi) is 5.14. The first-order chi connectivity index (χ1) is 14.4. The molecule has 1 amide bonds. The fourth-order valence-corrected chi connectivity index (χ4v) is 3.72. The maximum absolute atomic E-state index is 13.5. The monoisotopic (exact) mass is 421 g/mol. The van der Waals surface area contributed by atoms with Gasteiger partial charge in [-0.1, -0.05) is 60.1 Å². The Bertz CT molecular complexity index is 1170. The third kappa shape index (κ3) is 3.37. The van der Waals surface area contributed by atoms with Crippen molar-refractivity contribution in [3.63, 3.8) is 0 Å². The molecule has 1 atom stereocenters. The Hall–Kier alpha value is -3.44. The SMILES string of the molecule is Cc1ccc(N2C(=O)C(=O)C(=C(O)c3ccccc3)C2c2ccc(F)cc2)cc1Cl. The quantitative estimate of drug-likeness (QED) is 0.349. The second-order valence-corrected chi connectivity index (χ2v) is 7.43. The summed E-state index contributed by atoms with van der Waals surface area (Å²) in [6.07, 6.45) is 0. The average molecular weight is 422 g/mol. The van der Waals surface area contributed by atoms with Gasteiger partial charge in [-0.3, -0.25) is 14.5 Å². The van der Waals surface area contributed by atoms with Crippen molar-refractivity contribution in [3.8, 4) is 0 Å². The highest BCUT2D eigenvalue weighted by Crippen LogP contribution is 2.42. The van der Waals surface area contributed by atoms with Crippen LogP contribution in [0.4, 0.5) is 10.1 Å². The van der Waals surface area contributed by atoms with Crippen LogP contribution in [0, 0.1) is 12.7 Å². The lowest BCUT2D eigenvalue weighted by molar-refractivity contribution is -0.132. The largest absolute Gasteiger partial charge is 0.507 e. The van der Waals surface area contributed by atoms with E-state index in [-0.39, 0.29) is 11.3 Å². The highest BCUT2D eigenvalue weighted by atomic mass is 35.5. The van der Waals surface area contributed by atoms with Crippen LogP contribution >= 0.6 is 11.6 Å². The Morgan fingerprint density at radius 3 is 2.30 bits per heavy atom. The minimum Gasteiger partial charge on any atom is -0.507 e. The van der Waals surface area contributed by atoms with Gasteiger partial charge in [-0.25, -0.2) is 4.39 Å². The third-order valence-electron chi connectivity index (χ3n) is 5.11. The number of carbonyl (C=O) groups excluding carboxylic acids is 2. The number of ketones is 1. The summed E-state index contributed by atoms with van der Waals surface area (Å²) in [6, 6.07) is 18.1. The van der Waals surface area contributed by atoms with Crippen LogP contribution in [0.1, 0.15) is 22.7 Å². The zero-order chi connectivity index (χ0) is 21.4. The number of carbonyl (C=O) groups is 2. The Morgan fingerprint density at radius 2 is 1.67 bits per heavy atom. The summed E-state index contributed by atoms with van der Waals surface area (Å²) < 4.78 is 13.5. The Balaban J connectivity index is 1.95. The van der Waals surface area contributed by atoms with Gasteiger partial charge in [-0.05, 0) is 42.3 Å². The van der Waals surface area contributed by atoms with Crippen LogP contribution in [-0.2, 0) is 9.59 Å². The van der Waals surface area contributed by atoms with Gasteiger partial charge >= 0.3 is 0 Å². The van der Waals surface area contributed by atoms with Gasteiger partial charge in [0.05, 0.1) is 11.6 Å². The van der Waals surface area contributed by atoms with Gasteiger partial charge in [0.25, 0.3) is 11.7 Å². The van der Waals surface area contributed by atoms with E-state index < -0.39 is 23.5 Å². The predicted octanol–water partition coefficient (Wildman–Crippen LogP) is 5.41. The molecule has 1 heterocycles. The van der Waals surface area contributed by atoms with Crippen molar-refractivity contribution in [2.75, 3.05) is 4.90 Å². The summed E-state index contributed by atoms with van der Waals surface area (Å²) in [6.45, 7) is 1.83. The lowest BCUT2D eigenvalue weighted by atomic mass is 9.95. The molecule has 1 saturated heterocycles. The number of amides is 1. The zero-order valence-corrected chi connectivity index (χ0v) is 16.7. The van der Waals surface area contributed by atoms with Crippen molar-refractivity contribution >= 4 is 34.7 Å². The van der Waals surface area contributed by atoms with E-state index in [1.165, 1.54) is 29.2 Å². The molecule has 1 aliphatic rings. The number of benzene rings is 3. The first-order valence-electron chi connectivity index (χ1n) is 9.26. The third-order valence-corrected chi connectivity index (χ3v) is 5.52. The van der Waals surface area contributed by atoms with Crippen LogP contribution < -0.4 is 4.90 Å². The van der Waals surface area contributed by atoms with Crippen molar-refractivity contribution in [1.29, 1.82) is 0 Å². The molecular formula is C24H17ClFNO3. The summed E-state index contributed by atoms with van der Waals surface area (Å²) in [4.78, 5) is 27.3. The van der Waals surface area contributed by atoms with Gasteiger partial charge in [0, 0.05) is 16.3 Å². The maximum atomic E-state index is 13.5. The van der Waals surface area contributed by atoms with E-state index in [0.717, 1.165) is 5.56 Å². The van der Waals surface area contributed by atoms with Crippen LogP contribution in [0.2, 0.25) is 5.02 Å². The topological polar surface area (TPSA) is 57.6 Å². The Morgan fingerprint density at radius 1 is 1.00 bits per heavy atom. The number of rotatable bonds is 3. The molecule has 30 heavy (non-hydrogen) atoms. The molecule has 4 nitrogen and oxygen atoms in total. The van der Waals surface area contributed by atoms with Gasteiger partial charge in [0.2, 0.25) is 0 Å². The maximum Gasteiger partial charge on any atom is 0.300 e. The van der Waals surface area contributed by atoms with Crippen molar-refractivity contribution in [2.24, 2.45) is 0 Å². The summed E-state index contributed by atoms with van der Waals surface area (Å²) in [7, 11) is 0. The molecule has 150 valence electrons. The molecule has 1 N–H and O–H groups in total. The normalized spacial score (nSPS) is 18.1. The fourth-order valence-electron chi connectivity index (χ4n) is 3.54. The molecule has 4 rings (SSSR count). The van der Waals surface area contributed by atoms with E-state index >= 15 is 0 Å². The number of nitrogens with zero attached hydrogens (tertiary/aromatic N) is 1. The average Bonchev–Trinajstić information content (AvgIpc) is 3.01. The molecule has 0 spiro atoms. The standard InChI is InChI=1S/C24H17ClFNO3/c1-14-7-12-18(13-19(14)25)27-21(15-8-10-17(26)11-9-15)20(23(29)24(27)30)22(28)16-5-3-2-4-6-16/h2-13,21,28H,1H3. The summed E-state index contributed by atoms with van der Waals surface area (Å²) >= 11 is 6.25. The van der Waals surface area contributed by atoms with Crippen LogP contribution in [-0.4, -0.2) is 16.8 Å².